The van der Waals surface area contributed by atoms with Gasteiger partial charge < -0.3 is 9.47 Å². The minimum Gasteiger partial charge on any atom is -0.502 e. The summed E-state index contributed by atoms with van der Waals surface area (Å²) in [6.07, 6.45) is 4.70. The first kappa shape index (κ1) is 12.8. The summed E-state index contributed by atoms with van der Waals surface area (Å²) in [6.45, 7) is 5.64. The summed E-state index contributed by atoms with van der Waals surface area (Å²) in [5.41, 5.74) is 1.16. The highest BCUT2D eigenvalue weighted by atomic mass is 16.5. The van der Waals surface area contributed by atoms with Crippen LogP contribution in [0.5, 0.6) is 0 Å². The Morgan fingerprint density at radius 2 is 1.86 bits per heavy atom. The van der Waals surface area contributed by atoms with E-state index in [1.807, 2.05) is 26.0 Å². The number of hydrogen-bond donors (Lipinski definition) is 0. The molecule has 0 unspecified atom stereocenters. The van der Waals surface area contributed by atoms with Crippen molar-refractivity contribution in [2.45, 2.75) is 27.2 Å². The molecule has 0 spiro atoms. The molecule has 0 radical (unpaired) electrons. The molecule has 0 atom stereocenters. The van der Waals surface area contributed by atoms with Crippen LogP contribution in [0.15, 0.2) is 23.5 Å². The summed E-state index contributed by atoms with van der Waals surface area (Å²) in [4.78, 5) is 10.5. The minimum atomic E-state index is -0.252. The third-order valence-electron chi connectivity index (χ3n) is 1.75. The van der Waals surface area contributed by atoms with Crippen LogP contribution in [-0.2, 0) is 14.3 Å². The molecule has 0 saturated heterocycles. The number of esters is 1. The Morgan fingerprint density at radius 1 is 1.21 bits per heavy atom. The van der Waals surface area contributed by atoms with Crippen LogP contribution in [0, 0.1) is 0 Å². The molecule has 0 aromatic rings. The van der Waals surface area contributed by atoms with Crippen LogP contribution in [-0.4, -0.2) is 19.7 Å². The summed E-state index contributed by atoms with van der Waals surface area (Å²) >= 11 is 0. The van der Waals surface area contributed by atoms with Crippen molar-refractivity contribution >= 4 is 5.97 Å². The Bertz CT molecular complexity index is 239. The van der Waals surface area contributed by atoms with Gasteiger partial charge in [-0.15, -0.1) is 0 Å². The number of rotatable bonds is 5. The van der Waals surface area contributed by atoms with Gasteiger partial charge in [-0.3, -0.25) is 4.79 Å². The van der Waals surface area contributed by atoms with Crippen molar-refractivity contribution in [1.82, 2.24) is 0 Å². The molecule has 0 heterocycles. The zero-order valence-corrected chi connectivity index (χ0v) is 9.29. The lowest BCUT2D eigenvalue weighted by atomic mass is 10.2. The fourth-order valence-electron chi connectivity index (χ4n) is 0.773. The molecule has 0 aliphatic carbocycles. The molecule has 14 heavy (non-hydrogen) atoms. The number of allylic oxidation sites excluding steroid dienone is 3. The van der Waals surface area contributed by atoms with E-state index in [0.29, 0.717) is 6.61 Å². The molecule has 3 nitrogen and oxygen atoms in total. The van der Waals surface area contributed by atoms with Crippen molar-refractivity contribution < 1.29 is 14.3 Å². The topological polar surface area (TPSA) is 35.5 Å². The van der Waals surface area contributed by atoms with Gasteiger partial charge in [-0.25, -0.2) is 0 Å². The lowest BCUT2D eigenvalue weighted by Crippen LogP contribution is -1.98. The molecule has 3 heteroatoms. The van der Waals surface area contributed by atoms with E-state index < -0.39 is 0 Å². The van der Waals surface area contributed by atoms with Gasteiger partial charge in [-0.1, -0.05) is 5.57 Å². The Kier molecular flexibility index (Phi) is 6.54. The number of ether oxygens (including phenoxy) is 2. The summed E-state index contributed by atoms with van der Waals surface area (Å²) in [5.74, 6) is 0.642. The van der Waals surface area contributed by atoms with Crippen molar-refractivity contribution in [2.24, 2.45) is 0 Å². The maximum Gasteiger partial charge on any atom is 0.302 e. The third kappa shape index (κ3) is 7.40. The average molecular weight is 198 g/mol. The fraction of sp³-hybridized carbons (Fsp3) is 0.545. The van der Waals surface area contributed by atoms with E-state index in [4.69, 9.17) is 9.47 Å². The first-order chi connectivity index (χ1) is 6.56. The largest absolute Gasteiger partial charge is 0.502 e. The molecule has 0 aromatic heterocycles. The van der Waals surface area contributed by atoms with Crippen molar-refractivity contribution in [3.63, 3.8) is 0 Å². The van der Waals surface area contributed by atoms with Crippen LogP contribution in [0.3, 0.4) is 0 Å². The lowest BCUT2D eigenvalue weighted by molar-refractivity contribution is -0.139. The van der Waals surface area contributed by atoms with Gasteiger partial charge in [-0.05, 0) is 32.4 Å². The smallest absolute Gasteiger partial charge is 0.302 e. The van der Waals surface area contributed by atoms with Gasteiger partial charge in [-0.2, -0.15) is 0 Å². The second-order valence-corrected chi connectivity index (χ2v) is 3.08. The van der Waals surface area contributed by atoms with Crippen LogP contribution >= 0.6 is 0 Å². The van der Waals surface area contributed by atoms with E-state index in [0.717, 1.165) is 17.8 Å². The lowest BCUT2D eigenvalue weighted by Gasteiger charge is -2.00. The molecule has 0 N–H and O–H groups in total. The number of carbonyl (C=O) groups is 1. The van der Waals surface area contributed by atoms with E-state index in [1.54, 1.807) is 7.11 Å². The minimum absolute atomic E-state index is 0.252. The number of carbonyl (C=O) groups excluding carboxylic acids is 1. The van der Waals surface area contributed by atoms with Crippen molar-refractivity contribution in [2.75, 3.05) is 13.7 Å². The maximum atomic E-state index is 10.5. The zero-order chi connectivity index (χ0) is 11.0. The maximum absolute atomic E-state index is 10.5. The molecule has 0 aliphatic rings. The van der Waals surface area contributed by atoms with Crippen molar-refractivity contribution in [1.29, 1.82) is 0 Å². The third-order valence-corrected chi connectivity index (χ3v) is 1.75. The van der Waals surface area contributed by atoms with Crippen LogP contribution in [0.1, 0.15) is 27.2 Å². The predicted molar refractivity (Wildman–Crippen MR) is 55.8 cm³/mol. The Hall–Kier alpha value is -1.25. The fourth-order valence-corrected chi connectivity index (χ4v) is 0.773. The number of hydrogen-bond acceptors (Lipinski definition) is 3. The monoisotopic (exact) mass is 198 g/mol. The first-order valence-electron chi connectivity index (χ1n) is 4.56. The molecular formula is C11H18O3. The average Bonchev–Trinajstić information content (AvgIpc) is 2.13. The quantitative estimate of drug-likeness (QED) is 0.386. The van der Waals surface area contributed by atoms with Gasteiger partial charge in [0.05, 0.1) is 12.9 Å². The molecule has 0 rings (SSSR count). The van der Waals surface area contributed by atoms with Crippen molar-refractivity contribution in [3.05, 3.63) is 23.5 Å². The highest BCUT2D eigenvalue weighted by Gasteiger charge is 1.91. The van der Waals surface area contributed by atoms with Gasteiger partial charge in [0.25, 0.3) is 0 Å². The molecule has 0 saturated carbocycles. The van der Waals surface area contributed by atoms with Crippen LogP contribution in [0.4, 0.5) is 0 Å². The second kappa shape index (κ2) is 7.18. The van der Waals surface area contributed by atoms with E-state index in [2.05, 4.69) is 0 Å². The van der Waals surface area contributed by atoms with Gasteiger partial charge in [0.1, 0.15) is 6.61 Å². The summed E-state index contributed by atoms with van der Waals surface area (Å²) in [6, 6.07) is 0. The Morgan fingerprint density at radius 3 is 2.36 bits per heavy atom. The van der Waals surface area contributed by atoms with Gasteiger partial charge in [0.15, 0.2) is 0 Å². The molecule has 0 aromatic carbocycles. The molecule has 0 amide bonds. The van der Waals surface area contributed by atoms with E-state index >= 15 is 0 Å². The van der Waals surface area contributed by atoms with E-state index in [9.17, 15) is 4.79 Å². The highest BCUT2D eigenvalue weighted by Crippen LogP contribution is 2.04. The number of methoxy groups -OCH3 is 1. The van der Waals surface area contributed by atoms with Gasteiger partial charge >= 0.3 is 5.97 Å². The van der Waals surface area contributed by atoms with Crippen LogP contribution in [0.2, 0.25) is 0 Å². The highest BCUT2D eigenvalue weighted by molar-refractivity contribution is 5.66. The molecule has 80 valence electrons. The summed E-state index contributed by atoms with van der Waals surface area (Å²) < 4.78 is 9.77. The van der Waals surface area contributed by atoms with Gasteiger partial charge in [0.2, 0.25) is 0 Å². The van der Waals surface area contributed by atoms with Crippen LogP contribution < -0.4 is 0 Å². The zero-order valence-electron chi connectivity index (χ0n) is 9.29. The Labute approximate surface area is 85.4 Å². The first-order valence-corrected chi connectivity index (χ1v) is 4.56. The molecular weight excluding hydrogens is 180 g/mol. The standard InChI is InChI=1S/C11H18O3/c1-9(5-6-10(2)13-4)7-8-14-11(3)12/h6-7H,5,8H2,1-4H3. The SMILES string of the molecule is COC(C)=CCC(C)=CCOC(C)=O. The summed E-state index contributed by atoms with van der Waals surface area (Å²) in [5, 5.41) is 0. The molecule has 0 bridgehead atoms. The van der Waals surface area contributed by atoms with Gasteiger partial charge in [0, 0.05) is 6.92 Å². The molecule has 0 aliphatic heterocycles. The second-order valence-electron chi connectivity index (χ2n) is 3.08. The summed E-state index contributed by atoms with van der Waals surface area (Å²) in [7, 11) is 1.64. The predicted octanol–water partition coefficient (Wildman–Crippen LogP) is 2.44. The van der Waals surface area contributed by atoms with Crippen molar-refractivity contribution in [3.8, 4) is 0 Å². The normalized spacial score (nSPS) is 12.6. The van der Waals surface area contributed by atoms with E-state index in [1.165, 1.54) is 6.92 Å². The van der Waals surface area contributed by atoms with E-state index in [-0.39, 0.29) is 5.97 Å². The molecule has 0 fully saturated rings. The Balaban J connectivity index is 3.83. The van der Waals surface area contributed by atoms with Crippen LogP contribution in [0.25, 0.3) is 0 Å².